The fourth-order valence-electron chi connectivity index (χ4n) is 2.29. The number of anilines is 1. The number of benzene rings is 1. The van der Waals surface area contributed by atoms with Gasteiger partial charge in [0, 0.05) is 18.5 Å². The summed E-state index contributed by atoms with van der Waals surface area (Å²) >= 11 is 1.66. The first-order valence-corrected chi connectivity index (χ1v) is 8.88. The Bertz CT molecular complexity index is 548. The number of nitrogens with one attached hydrogen (secondary N) is 2. The molecule has 0 aromatic heterocycles. The van der Waals surface area contributed by atoms with Gasteiger partial charge in [-0.15, -0.1) is 0 Å². The summed E-state index contributed by atoms with van der Waals surface area (Å²) < 4.78 is 5.45. The van der Waals surface area contributed by atoms with Crippen LogP contribution in [0.3, 0.4) is 0 Å². The fraction of sp³-hybridized carbons (Fsp3) is 0.500. The van der Waals surface area contributed by atoms with Crippen molar-refractivity contribution in [2.45, 2.75) is 32.2 Å². The molecule has 120 valence electrons. The molecule has 1 aliphatic rings. The first kappa shape index (κ1) is 16.7. The van der Waals surface area contributed by atoms with E-state index in [2.05, 4.69) is 10.6 Å². The summed E-state index contributed by atoms with van der Waals surface area (Å²) in [6.07, 6.45) is 3.84. The van der Waals surface area contributed by atoms with Crippen molar-refractivity contribution in [2.75, 3.05) is 23.9 Å². The molecular weight excluding hydrogens is 300 g/mol. The van der Waals surface area contributed by atoms with Crippen LogP contribution in [0.4, 0.5) is 5.69 Å². The summed E-state index contributed by atoms with van der Waals surface area (Å²) in [5.74, 6) is 1.43. The van der Waals surface area contributed by atoms with E-state index in [-0.39, 0.29) is 11.8 Å². The molecule has 0 fully saturated rings. The molecule has 0 saturated heterocycles. The maximum absolute atomic E-state index is 12.4. The van der Waals surface area contributed by atoms with Gasteiger partial charge in [0.05, 0.1) is 6.61 Å². The fourth-order valence-corrected chi connectivity index (χ4v) is 2.77. The quantitative estimate of drug-likeness (QED) is 0.808. The van der Waals surface area contributed by atoms with Gasteiger partial charge >= 0.3 is 0 Å². The van der Waals surface area contributed by atoms with Crippen LogP contribution in [0.15, 0.2) is 18.2 Å². The Balaban J connectivity index is 2.01. The second-order valence-electron chi connectivity index (χ2n) is 5.17. The van der Waals surface area contributed by atoms with Crippen LogP contribution in [-0.4, -0.2) is 36.5 Å². The summed E-state index contributed by atoms with van der Waals surface area (Å²) in [4.78, 5) is 24.0. The van der Waals surface area contributed by atoms with Gasteiger partial charge in [0.1, 0.15) is 11.8 Å². The zero-order valence-electron chi connectivity index (χ0n) is 13.0. The zero-order chi connectivity index (χ0) is 15.9. The smallest absolute Gasteiger partial charge is 0.246 e. The van der Waals surface area contributed by atoms with Crippen molar-refractivity contribution < 1.29 is 14.3 Å². The van der Waals surface area contributed by atoms with Gasteiger partial charge < -0.3 is 15.4 Å². The SMILES string of the molecule is CCC(=O)N[C@H](CCSC)C(=O)Nc1ccc2c(c1)CCO2. The molecular formula is C16H22N2O3S. The molecule has 2 N–H and O–H groups in total. The third-order valence-electron chi connectivity index (χ3n) is 3.54. The van der Waals surface area contributed by atoms with Crippen molar-refractivity contribution in [3.63, 3.8) is 0 Å². The van der Waals surface area contributed by atoms with E-state index in [0.29, 0.717) is 19.4 Å². The lowest BCUT2D eigenvalue weighted by Crippen LogP contribution is -2.44. The van der Waals surface area contributed by atoms with Gasteiger partial charge in [-0.3, -0.25) is 9.59 Å². The largest absolute Gasteiger partial charge is 0.493 e. The van der Waals surface area contributed by atoms with Gasteiger partial charge in [-0.25, -0.2) is 0 Å². The van der Waals surface area contributed by atoms with Crippen LogP contribution in [-0.2, 0) is 16.0 Å². The number of carbonyl (C=O) groups is 2. The third kappa shape index (κ3) is 4.40. The molecule has 0 radical (unpaired) electrons. The summed E-state index contributed by atoms with van der Waals surface area (Å²) in [5, 5.41) is 5.68. The molecule has 1 aliphatic heterocycles. The Kier molecular flexibility index (Phi) is 6.12. The summed E-state index contributed by atoms with van der Waals surface area (Å²) in [6, 6.07) is 5.15. The maximum atomic E-state index is 12.4. The molecule has 22 heavy (non-hydrogen) atoms. The van der Waals surface area contributed by atoms with E-state index in [9.17, 15) is 9.59 Å². The van der Waals surface area contributed by atoms with E-state index in [0.717, 1.165) is 29.2 Å². The molecule has 2 amide bonds. The summed E-state index contributed by atoms with van der Waals surface area (Å²) in [7, 11) is 0. The van der Waals surface area contributed by atoms with Gasteiger partial charge in [-0.1, -0.05) is 6.92 Å². The maximum Gasteiger partial charge on any atom is 0.246 e. The molecule has 1 aromatic rings. The normalized spacial score (nSPS) is 13.9. The van der Waals surface area contributed by atoms with E-state index < -0.39 is 6.04 Å². The molecule has 0 spiro atoms. The number of fused-ring (bicyclic) bond motifs is 1. The van der Waals surface area contributed by atoms with E-state index in [1.165, 1.54) is 0 Å². The molecule has 0 aliphatic carbocycles. The molecule has 1 aromatic carbocycles. The molecule has 5 nitrogen and oxygen atoms in total. The van der Waals surface area contributed by atoms with Gasteiger partial charge in [0.25, 0.3) is 0 Å². The van der Waals surface area contributed by atoms with Crippen LogP contribution in [0.1, 0.15) is 25.3 Å². The molecule has 0 unspecified atom stereocenters. The number of carbonyl (C=O) groups excluding carboxylic acids is 2. The van der Waals surface area contributed by atoms with Crippen molar-refractivity contribution in [3.05, 3.63) is 23.8 Å². The van der Waals surface area contributed by atoms with Crippen LogP contribution in [0, 0.1) is 0 Å². The number of hydrogen-bond donors (Lipinski definition) is 2. The second-order valence-corrected chi connectivity index (χ2v) is 6.15. The van der Waals surface area contributed by atoms with Crippen LogP contribution < -0.4 is 15.4 Å². The highest BCUT2D eigenvalue weighted by Crippen LogP contribution is 2.27. The number of hydrogen-bond acceptors (Lipinski definition) is 4. The Labute approximate surface area is 135 Å². The zero-order valence-corrected chi connectivity index (χ0v) is 13.8. The minimum Gasteiger partial charge on any atom is -0.493 e. The predicted octanol–water partition coefficient (Wildman–Crippen LogP) is 2.21. The van der Waals surface area contributed by atoms with Crippen LogP contribution in [0.25, 0.3) is 0 Å². The van der Waals surface area contributed by atoms with E-state index in [1.54, 1.807) is 18.7 Å². The molecule has 0 saturated carbocycles. The Morgan fingerprint density at radius 2 is 2.23 bits per heavy atom. The number of rotatable bonds is 7. The summed E-state index contributed by atoms with van der Waals surface area (Å²) in [5.41, 5.74) is 1.85. The second kappa shape index (κ2) is 8.08. The van der Waals surface area contributed by atoms with Crippen molar-refractivity contribution in [3.8, 4) is 5.75 Å². The minimum absolute atomic E-state index is 0.108. The lowest BCUT2D eigenvalue weighted by Gasteiger charge is -2.18. The lowest BCUT2D eigenvalue weighted by molar-refractivity contribution is -0.126. The van der Waals surface area contributed by atoms with Crippen molar-refractivity contribution in [1.29, 1.82) is 0 Å². The monoisotopic (exact) mass is 322 g/mol. The number of thioether (sulfide) groups is 1. The lowest BCUT2D eigenvalue weighted by atomic mass is 10.1. The van der Waals surface area contributed by atoms with Crippen LogP contribution >= 0.6 is 11.8 Å². The van der Waals surface area contributed by atoms with Gasteiger partial charge in [-0.05, 0) is 42.2 Å². The van der Waals surface area contributed by atoms with Gasteiger partial charge in [0.15, 0.2) is 0 Å². The topological polar surface area (TPSA) is 67.4 Å². The summed E-state index contributed by atoms with van der Waals surface area (Å²) in [6.45, 7) is 2.47. The highest BCUT2D eigenvalue weighted by Gasteiger charge is 2.20. The Hall–Kier alpha value is -1.69. The Morgan fingerprint density at radius 1 is 1.41 bits per heavy atom. The molecule has 1 heterocycles. The average molecular weight is 322 g/mol. The van der Waals surface area contributed by atoms with Crippen LogP contribution in [0.5, 0.6) is 5.75 Å². The van der Waals surface area contributed by atoms with Gasteiger partial charge in [-0.2, -0.15) is 11.8 Å². The van der Waals surface area contributed by atoms with Crippen molar-refractivity contribution >= 4 is 29.3 Å². The Morgan fingerprint density at radius 3 is 2.95 bits per heavy atom. The third-order valence-corrected chi connectivity index (χ3v) is 4.18. The molecule has 1 atom stereocenters. The van der Waals surface area contributed by atoms with Gasteiger partial charge in [0.2, 0.25) is 11.8 Å². The van der Waals surface area contributed by atoms with E-state index in [4.69, 9.17) is 4.74 Å². The number of ether oxygens (including phenoxy) is 1. The first-order valence-electron chi connectivity index (χ1n) is 7.49. The highest BCUT2D eigenvalue weighted by atomic mass is 32.2. The average Bonchev–Trinajstić information content (AvgIpc) is 2.98. The molecule has 0 bridgehead atoms. The minimum atomic E-state index is -0.496. The highest BCUT2D eigenvalue weighted by molar-refractivity contribution is 7.98. The first-order chi connectivity index (χ1) is 10.6. The standard InChI is InChI=1S/C16H22N2O3S/c1-3-15(19)18-13(7-9-22-2)16(20)17-12-4-5-14-11(10-12)6-8-21-14/h4-5,10,13H,3,6-9H2,1-2H3,(H,17,20)(H,18,19)/t13-/m1/s1. The van der Waals surface area contributed by atoms with E-state index in [1.807, 2.05) is 24.5 Å². The number of amides is 2. The van der Waals surface area contributed by atoms with Crippen molar-refractivity contribution in [2.24, 2.45) is 0 Å². The molecule has 2 rings (SSSR count). The van der Waals surface area contributed by atoms with E-state index >= 15 is 0 Å². The van der Waals surface area contributed by atoms with Crippen LogP contribution in [0.2, 0.25) is 0 Å². The van der Waals surface area contributed by atoms with Crippen molar-refractivity contribution in [1.82, 2.24) is 5.32 Å². The predicted molar refractivity (Wildman–Crippen MR) is 89.5 cm³/mol. The molecule has 6 heteroatoms.